The lowest BCUT2D eigenvalue weighted by Crippen LogP contribution is -2.35. The molecule has 0 saturated heterocycles. The van der Waals surface area contributed by atoms with E-state index >= 15 is 0 Å². The minimum atomic E-state index is 0.416. The predicted octanol–water partition coefficient (Wildman–Crippen LogP) is 4.95. The fraction of sp³-hybridized carbons (Fsp3) is 0.684. The molecule has 0 bridgehead atoms. The maximum absolute atomic E-state index is 5.75. The summed E-state index contributed by atoms with van der Waals surface area (Å²) in [6.07, 6.45) is 5.41. The largest absolute Gasteiger partial charge is 0.493 e. The molecule has 21 heavy (non-hydrogen) atoms. The van der Waals surface area contributed by atoms with Crippen LogP contribution in [-0.2, 0) is 0 Å². The van der Waals surface area contributed by atoms with Crippen molar-refractivity contribution < 1.29 is 4.74 Å². The van der Waals surface area contributed by atoms with E-state index in [4.69, 9.17) is 4.74 Å². The van der Waals surface area contributed by atoms with E-state index in [2.05, 4.69) is 57.3 Å². The lowest BCUT2D eigenvalue weighted by Gasteiger charge is -2.30. The van der Waals surface area contributed by atoms with E-state index in [9.17, 15) is 0 Å². The summed E-state index contributed by atoms with van der Waals surface area (Å²) in [5.74, 6) is 2.42. The molecule has 0 heterocycles. The molecule has 1 aliphatic carbocycles. The van der Waals surface area contributed by atoms with Gasteiger partial charge < -0.3 is 10.1 Å². The highest BCUT2D eigenvalue weighted by molar-refractivity contribution is 5.29. The van der Waals surface area contributed by atoms with E-state index in [1.165, 1.54) is 31.2 Å². The maximum atomic E-state index is 5.75. The Morgan fingerprint density at radius 2 is 1.86 bits per heavy atom. The summed E-state index contributed by atoms with van der Waals surface area (Å²) in [4.78, 5) is 0. The van der Waals surface area contributed by atoms with E-state index in [-0.39, 0.29) is 0 Å². The first-order chi connectivity index (χ1) is 10.0. The maximum Gasteiger partial charge on any atom is 0.119 e. The van der Waals surface area contributed by atoms with Crippen molar-refractivity contribution in [2.45, 2.75) is 65.5 Å². The number of ether oxygens (including phenoxy) is 1. The standard InChI is InChI=1S/C19H31NO/c1-14(2)13-21-19-10-8-17(9-11-19)16(4)20-18-7-5-6-15(3)12-18/h8-11,14-16,18,20H,5-7,12-13H2,1-4H3. The Labute approximate surface area is 130 Å². The van der Waals surface area contributed by atoms with Gasteiger partial charge in [0.25, 0.3) is 0 Å². The molecule has 3 atom stereocenters. The van der Waals surface area contributed by atoms with Crippen LogP contribution in [0.5, 0.6) is 5.75 Å². The highest BCUT2D eigenvalue weighted by Gasteiger charge is 2.20. The summed E-state index contributed by atoms with van der Waals surface area (Å²) in [5.41, 5.74) is 1.35. The smallest absolute Gasteiger partial charge is 0.119 e. The normalized spacial score (nSPS) is 24.0. The first-order valence-corrected chi connectivity index (χ1v) is 8.53. The number of hydrogen-bond donors (Lipinski definition) is 1. The number of benzene rings is 1. The van der Waals surface area contributed by atoms with E-state index in [1.807, 2.05) is 0 Å². The van der Waals surface area contributed by atoms with Crippen LogP contribution in [0.3, 0.4) is 0 Å². The minimum absolute atomic E-state index is 0.416. The molecule has 0 aliphatic heterocycles. The van der Waals surface area contributed by atoms with Crippen molar-refractivity contribution in [1.29, 1.82) is 0 Å². The molecule has 1 N–H and O–H groups in total. The van der Waals surface area contributed by atoms with Crippen LogP contribution in [0.1, 0.15) is 65.0 Å². The fourth-order valence-electron chi connectivity index (χ4n) is 3.15. The van der Waals surface area contributed by atoms with Gasteiger partial charge in [0.05, 0.1) is 6.61 Å². The zero-order valence-corrected chi connectivity index (χ0v) is 14.1. The molecule has 3 unspecified atom stereocenters. The SMILES string of the molecule is CC(C)COc1ccc(C(C)NC2CCCC(C)C2)cc1. The third-order valence-corrected chi connectivity index (χ3v) is 4.39. The summed E-state index contributed by atoms with van der Waals surface area (Å²) in [7, 11) is 0. The monoisotopic (exact) mass is 289 g/mol. The van der Waals surface area contributed by atoms with Crippen molar-refractivity contribution in [2.24, 2.45) is 11.8 Å². The fourth-order valence-corrected chi connectivity index (χ4v) is 3.15. The van der Waals surface area contributed by atoms with Gasteiger partial charge in [-0.2, -0.15) is 0 Å². The van der Waals surface area contributed by atoms with Crippen molar-refractivity contribution in [3.8, 4) is 5.75 Å². The summed E-state index contributed by atoms with van der Waals surface area (Å²) >= 11 is 0. The minimum Gasteiger partial charge on any atom is -0.493 e. The molecule has 0 radical (unpaired) electrons. The van der Waals surface area contributed by atoms with Crippen molar-refractivity contribution in [3.05, 3.63) is 29.8 Å². The molecule has 1 aromatic rings. The van der Waals surface area contributed by atoms with Gasteiger partial charge in [-0.3, -0.25) is 0 Å². The third-order valence-electron chi connectivity index (χ3n) is 4.39. The first-order valence-electron chi connectivity index (χ1n) is 8.53. The van der Waals surface area contributed by atoms with Crippen LogP contribution < -0.4 is 10.1 Å². The number of rotatable bonds is 6. The molecule has 1 fully saturated rings. The van der Waals surface area contributed by atoms with Gasteiger partial charge in [0.15, 0.2) is 0 Å². The van der Waals surface area contributed by atoms with Crippen molar-refractivity contribution in [2.75, 3.05) is 6.61 Å². The van der Waals surface area contributed by atoms with Crippen LogP contribution in [-0.4, -0.2) is 12.6 Å². The molecule has 0 amide bonds. The molecular weight excluding hydrogens is 258 g/mol. The van der Waals surface area contributed by atoms with E-state index in [1.54, 1.807) is 0 Å². The highest BCUT2D eigenvalue weighted by Crippen LogP contribution is 2.26. The second-order valence-electron chi connectivity index (χ2n) is 7.13. The van der Waals surface area contributed by atoms with E-state index in [0.29, 0.717) is 18.0 Å². The third kappa shape index (κ3) is 5.35. The molecule has 118 valence electrons. The summed E-state index contributed by atoms with van der Waals surface area (Å²) in [6.45, 7) is 9.77. The van der Waals surface area contributed by atoms with Gasteiger partial charge in [0.1, 0.15) is 5.75 Å². The number of hydrogen-bond acceptors (Lipinski definition) is 2. The molecular formula is C19H31NO. The molecule has 0 aromatic heterocycles. The van der Waals surface area contributed by atoms with Crippen molar-refractivity contribution >= 4 is 0 Å². The van der Waals surface area contributed by atoms with Crippen LogP contribution >= 0.6 is 0 Å². The van der Waals surface area contributed by atoms with Gasteiger partial charge in [-0.05, 0) is 49.3 Å². The van der Waals surface area contributed by atoms with E-state index in [0.717, 1.165) is 18.3 Å². The molecule has 0 spiro atoms. The summed E-state index contributed by atoms with van der Waals surface area (Å²) in [5, 5.41) is 3.79. The van der Waals surface area contributed by atoms with Crippen LogP contribution in [0.4, 0.5) is 0 Å². The highest BCUT2D eigenvalue weighted by atomic mass is 16.5. The Kier molecular flexibility index (Phi) is 6.10. The Balaban J connectivity index is 1.85. The van der Waals surface area contributed by atoms with Crippen LogP contribution in [0.25, 0.3) is 0 Å². The zero-order chi connectivity index (χ0) is 15.2. The lowest BCUT2D eigenvalue weighted by molar-refractivity contribution is 0.270. The Morgan fingerprint density at radius 1 is 1.14 bits per heavy atom. The molecule has 1 aromatic carbocycles. The molecule has 2 rings (SSSR count). The van der Waals surface area contributed by atoms with Crippen LogP contribution in [0, 0.1) is 11.8 Å². The van der Waals surface area contributed by atoms with Crippen LogP contribution in [0.15, 0.2) is 24.3 Å². The van der Waals surface area contributed by atoms with E-state index < -0.39 is 0 Å². The van der Waals surface area contributed by atoms with Gasteiger partial charge in [-0.1, -0.05) is 45.7 Å². The lowest BCUT2D eigenvalue weighted by atomic mass is 9.86. The second-order valence-corrected chi connectivity index (χ2v) is 7.13. The molecule has 2 heteroatoms. The number of nitrogens with one attached hydrogen (secondary N) is 1. The van der Waals surface area contributed by atoms with Gasteiger partial charge in [0, 0.05) is 12.1 Å². The molecule has 1 aliphatic rings. The first kappa shape index (κ1) is 16.4. The van der Waals surface area contributed by atoms with Gasteiger partial charge >= 0.3 is 0 Å². The Bertz CT molecular complexity index is 412. The van der Waals surface area contributed by atoms with Gasteiger partial charge in [-0.25, -0.2) is 0 Å². The van der Waals surface area contributed by atoms with Crippen LogP contribution in [0.2, 0.25) is 0 Å². The predicted molar refractivity (Wildman–Crippen MR) is 89.7 cm³/mol. The average Bonchev–Trinajstić information content (AvgIpc) is 2.45. The topological polar surface area (TPSA) is 21.3 Å². The molecule has 2 nitrogen and oxygen atoms in total. The van der Waals surface area contributed by atoms with Gasteiger partial charge in [0.2, 0.25) is 0 Å². The Hall–Kier alpha value is -1.02. The average molecular weight is 289 g/mol. The van der Waals surface area contributed by atoms with Crippen molar-refractivity contribution in [3.63, 3.8) is 0 Å². The Morgan fingerprint density at radius 3 is 2.48 bits per heavy atom. The summed E-state index contributed by atoms with van der Waals surface area (Å²) in [6, 6.07) is 9.68. The zero-order valence-electron chi connectivity index (χ0n) is 14.1. The van der Waals surface area contributed by atoms with Gasteiger partial charge in [-0.15, -0.1) is 0 Å². The van der Waals surface area contributed by atoms with Crippen molar-refractivity contribution in [1.82, 2.24) is 5.32 Å². The second kappa shape index (κ2) is 7.84. The molecule has 1 saturated carbocycles. The quantitative estimate of drug-likeness (QED) is 0.800. The summed E-state index contributed by atoms with van der Waals surface area (Å²) < 4.78 is 5.75.